The molecule has 0 bridgehead atoms. The molecule has 9 nitrogen and oxygen atoms in total. The number of halogens is 1. The van der Waals surface area contributed by atoms with Gasteiger partial charge in [-0.15, -0.1) is 17.8 Å². The molecule has 5 rings (SSSR count). The highest BCUT2D eigenvalue weighted by Gasteiger charge is 2.25. The number of nitriles is 2. The number of thiocarbonyl (C=S) groups is 1. The second-order valence-corrected chi connectivity index (χ2v) is 14.4. The Morgan fingerprint density at radius 3 is 2.00 bits per heavy atom. The van der Waals surface area contributed by atoms with Crippen LogP contribution in [-0.2, 0) is 15.6 Å². The third-order valence-electron chi connectivity index (χ3n) is 6.85. The fourth-order valence-corrected chi connectivity index (χ4v) is 5.46. The zero-order valence-corrected chi connectivity index (χ0v) is 30.4. The molecule has 12 heteroatoms. The smallest absolute Gasteiger partial charge is 0.277 e. The molecular weight excluding hydrogens is 694 g/mol. The van der Waals surface area contributed by atoms with Crippen molar-refractivity contribution in [1.29, 1.82) is 10.5 Å². The summed E-state index contributed by atoms with van der Waals surface area (Å²) in [5, 5.41) is 23.6. The lowest BCUT2D eigenvalue weighted by Crippen LogP contribution is -2.34. The summed E-state index contributed by atoms with van der Waals surface area (Å²) >= 11 is 9.45. The van der Waals surface area contributed by atoms with Crippen LogP contribution in [0.25, 0.3) is 21.8 Å². The number of aryl methyl sites for hydroxylation is 1. The lowest BCUT2D eigenvalue weighted by molar-refractivity contribution is -0.115. The maximum absolute atomic E-state index is 12.5. The lowest BCUT2D eigenvalue weighted by atomic mass is 9.90. The highest BCUT2D eigenvalue weighted by atomic mass is 79.9. The molecular formula is C35H34BrN7O2S2. The molecule has 5 heterocycles. The van der Waals surface area contributed by atoms with Crippen LogP contribution in [0.3, 0.4) is 0 Å². The number of pyridine rings is 2. The van der Waals surface area contributed by atoms with E-state index >= 15 is 0 Å². The van der Waals surface area contributed by atoms with Crippen molar-refractivity contribution < 1.29 is 4.79 Å². The standard InChI is InChI=1S/C17H16N4OS.C15H15N3OS.C3H3Br/c1-10-9-23-16-20-14(12(7-18)15(22)21(10)16)11-5-6-13(19-8-11)17(2,3)4;1-15(2,3)12-5-4-9(8-17-12)10-6-13(20)18-14(19)11(10)7-16;1-2-3-4/h5-6,8-9H,1-4H3;4-5,8H,6H2,1-3H3,(H,18,19,20);1H,3H2. The maximum atomic E-state index is 12.5. The molecule has 0 atom stereocenters. The van der Waals surface area contributed by atoms with Crippen LogP contribution in [0.4, 0.5) is 0 Å². The number of nitrogens with zero attached hydrogens (tertiary/aromatic N) is 6. The highest BCUT2D eigenvalue weighted by Crippen LogP contribution is 2.28. The molecule has 0 aromatic carbocycles. The van der Waals surface area contributed by atoms with Gasteiger partial charge in [-0.3, -0.25) is 24.0 Å². The fourth-order valence-electron chi connectivity index (χ4n) is 4.37. The molecule has 0 spiro atoms. The molecule has 0 aliphatic carbocycles. The number of thiazole rings is 1. The number of amides is 1. The van der Waals surface area contributed by atoms with Gasteiger partial charge in [0.2, 0.25) is 0 Å². The van der Waals surface area contributed by atoms with Crippen molar-refractivity contribution in [3.63, 3.8) is 0 Å². The maximum Gasteiger partial charge on any atom is 0.277 e. The average molecular weight is 729 g/mol. The first-order valence-electron chi connectivity index (χ1n) is 14.4. The molecule has 4 aromatic heterocycles. The molecule has 0 fully saturated rings. The van der Waals surface area contributed by atoms with Crippen molar-refractivity contribution in [2.45, 2.75) is 65.7 Å². The van der Waals surface area contributed by atoms with E-state index in [-0.39, 0.29) is 27.5 Å². The third kappa shape index (κ3) is 8.84. The zero-order chi connectivity index (χ0) is 35.1. The van der Waals surface area contributed by atoms with Gasteiger partial charge in [0, 0.05) is 57.7 Å². The number of hydrogen-bond acceptors (Lipinski definition) is 9. The third-order valence-corrected chi connectivity index (χ3v) is 8.36. The Balaban J connectivity index is 0.000000231. The first kappa shape index (κ1) is 36.9. The Morgan fingerprint density at radius 2 is 1.55 bits per heavy atom. The molecule has 1 N–H and O–H groups in total. The molecule has 0 saturated heterocycles. The molecule has 1 aliphatic rings. The van der Waals surface area contributed by atoms with E-state index in [0.29, 0.717) is 38.5 Å². The largest absolute Gasteiger partial charge is 0.315 e. The molecule has 0 radical (unpaired) electrons. The Kier molecular flexibility index (Phi) is 12.1. The van der Waals surface area contributed by atoms with Crippen LogP contribution < -0.4 is 10.9 Å². The number of aromatic nitrogens is 4. The van der Waals surface area contributed by atoms with Gasteiger partial charge in [0.05, 0.1) is 16.0 Å². The van der Waals surface area contributed by atoms with Crippen LogP contribution in [0, 0.1) is 41.9 Å². The monoisotopic (exact) mass is 727 g/mol. The second-order valence-electron chi connectivity index (χ2n) is 12.5. The van der Waals surface area contributed by atoms with Crippen molar-refractivity contribution in [3.05, 3.63) is 86.2 Å². The lowest BCUT2D eigenvalue weighted by Gasteiger charge is -2.20. The SMILES string of the molecule is C#CCBr.CC(C)(C)c1ccc(C2=C(C#N)C(=O)NC(=S)C2)cn1.Cc1csc2nc(-c3ccc(C(C)(C)C)nc3)c(C#N)c(=O)n12. The normalized spacial score (nSPS) is 12.9. The van der Waals surface area contributed by atoms with E-state index in [1.165, 1.54) is 15.7 Å². The fraction of sp³-hybridized carbons (Fsp3) is 0.314. The molecule has 4 aromatic rings. The predicted octanol–water partition coefficient (Wildman–Crippen LogP) is 6.81. The first-order chi connectivity index (χ1) is 22.1. The van der Waals surface area contributed by atoms with Gasteiger partial charge >= 0.3 is 0 Å². The van der Waals surface area contributed by atoms with E-state index in [1.54, 1.807) is 12.4 Å². The summed E-state index contributed by atoms with van der Waals surface area (Å²) in [7, 11) is 0. The Labute approximate surface area is 292 Å². The number of nitrogens with one attached hydrogen (secondary N) is 1. The number of alkyl halides is 1. The number of terminal acetylenes is 1. The topological polar surface area (TPSA) is 137 Å². The van der Waals surface area contributed by atoms with Gasteiger partial charge < -0.3 is 5.32 Å². The molecule has 0 saturated carbocycles. The molecule has 1 amide bonds. The van der Waals surface area contributed by atoms with E-state index in [0.717, 1.165) is 22.6 Å². The summed E-state index contributed by atoms with van der Waals surface area (Å²) < 4.78 is 1.48. The van der Waals surface area contributed by atoms with Crippen LogP contribution >= 0.6 is 39.5 Å². The number of carbonyl (C=O) groups is 1. The van der Waals surface area contributed by atoms with E-state index < -0.39 is 5.91 Å². The van der Waals surface area contributed by atoms with Crippen LogP contribution in [-0.4, -0.2) is 35.6 Å². The summed E-state index contributed by atoms with van der Waals surface area (Å²) in [5.74, 6) is 1.92. The number of carbonyl (C=O) groups excluding carboxylic acids is 1. The van der Waals surface area contributed by atoms with Gasteiger partial charge in [-0.05, 0) is 36.3 Å². The summed E-state index contributed by atoms with van der Waals surface area (Å²) in [6, 6.07) is 11.5. The van der Waals surface area contributed by atoms with Crippen LogP contribution in [0.15, 0.2) is 52.4 Å². The Hall–Kier alpha value is -4.54. The van der Waals surface area contributed by atoms with Crippen molar-refractivity contribution >= 4 is 60.9 Å². The van der Waals surface area contributed by atoms with Crippen molar-refractivity contribution in [3.8, 4) is 35.7 Å². The minimum atomic E-state index is -0.432. The van der Waals surface area contributed by atoms with Gasteiger partial charge in [0.25, 0.3) is 11.5 Å². The van der Waals surface area contributed by atoms with Crippen molar-refractivity contribution in [2.75, 3.05) is 5.33 Å². The predicted molar refractivity (Wildman–Crippen MR) is 194 cm³/mol. The van der Waals surface area contributed by atoms with Crippen LogP contribution in [0.2, 0.25) is 0 Å². The summed E-state index contributed by atoms with van der Waals surface area (Å²) in [6.45, 7) is 14.3. The first-order valence-corrected chi connectivity index (χ1v) is 16.8. The number of fused-ring (bicyclic) bond motifs is 1. The van der Waals surface area contributed by atoms with Gasteiger partial charge in [-0.25, -0.2) is 4.98 Å². The summed E-state index contributed by atoms with van der Waals surface area (Å²) in [4.78, 5) is 38.7. The van der Waals surface area contributed by atoms with E-state index in [4.69, 9.17) is 23.9 Å². The van der Waals surface area contributed by atoms with Gasteiger partial charge in [-0.1, -0.05) is 81.7 Å². The van der Waals surface area contributed by atoms with Crippen molar-refractivity contribution in [2.24, 2.45) is 0 Å². The molecule has 47 heavy (non-hydrogen) atoms. The van der Waals surface area contributed by atoms with Crippen LogP contribution in [0.5, 0.6) is 0 Å². The minimum Gasteiger partial charge on any atom is -0.315 e. The molecule has 0 unspecified atom stereocenters. The van der Waals surface area contributed by atoms with E-state index in [2.05, 4.69) is 83.7 Å². The quantitative estimate of drug-likeness (QED) is 0.135. The number of rotatable bonds is 2. The van der Waals surface area contributed by atoms with Gasteiger partial charge in [0.15, 0.2) is 4.96 Å². The second kappa shape index (κ2) is 15.4. The summed E-state index contributed by atoms with van der Waals surface area (Å²) in [5.41, 5.74) is 4.93. The van der Waals surface area contributed by atoms with Gasteiger partial charge in [0.1, 0.15) is 23.3 Å². The average Bonchev–Trinajstić information content (AvgIpc) is 3.41. The molecule has 240 valence electrons. The van der Waals surface area contributed by atoms with Crippen LogP contribution in [0.1, 0.15) is 76.2 Å². The van der Waals surface area contributed by atoms with E-state index in [1.807, 2.05) is 48.7 Å². The highest BCUT2D eigenvalue weighted by molar-refractivity contribution is 9.09. The minimum absolute atomic E-state index is 0.0375. The van der Waals surface area contributed by atoms with Crippen molar-refractivity contribution in [1.82, 2.24) is 24.7 Å². The summed E-state index contributed by atoms with van der Waals surface area (Å²) in [6.07, 6.45) is 8.50. The number of hydrogen-bond donors (Lipinski definition) is 1. The Morgan fingerprint density at radius 1 is 1.00 bits per heavy atom. The zero-order valence-electron chi connectivity index (χ0n) is 27.2. The Bertz CT molecular complexity index is 2030. The molecule has 1 aliphatic heterocycles. The van der Waals surface area contributed by atoms with Gasteiger partial charge in [-0.2, -0.15) is 10.5 Å². The van der Waals surface area contributed by atoms with E-state index in [9.17, 15) is 14.9 Å².